The second kappa shape index (κ2) is 6.36. The molecule has 0 unspecified atom stereocenters. The van der Waals surface area contributed by atoms with E-state index in [4.69, 9.17) is 0 Å². The standard InChI is InChI=1S/C16H20F2N4O2S/c1-11-5-8-22(21-11)15-10-13(25(2,23)24)9-14(20-15)19-12-3-6-16(17,18)7-4-12/h5,8-10,12H,3-4,6-7H2,1-2H3,(H,19,20). The van der Waals surface area contributed by atoms with E-state index in [1.807, 2.05) is 6.92 Å². The first-order chi connectivity index (χ1) is 11.6. The number of rotatable bonds is 4. The van der Waals surface area contributed by atoms with Crippen LogP contribution in [0, 0.1) is 6.92 Å². The predicted molar refractivity (Wildman–Crippen MR) is 90.0 cm³/mol. The number of pyridine rings is 1. The molecule has 1 aliphatic carbocycles. The predicted octanol–water partition coefficient (Wildman–Crippen LogP) is 2.97. The summed E-state index contributed by atoms with van der Waals surface area (Å²) in [7, 11) is -3.45. The normalized spacial score (nSPS) is 18.2. The van der Waals surface area contributed by atoms with Gasteiger partial charge < -0.3 is 5.32 Å². The highest BCUT2D eigenvalue weighted by Gasteiger charge is 2.35. The molecule has 6 nitrogen and oxygen atoms in total. The van der Waals surface area contributed by atoms with Gasteiger partial charge in [0.2, 0.25) is 5.92 Å². The van der Waals surface area contributed by atoms with Crippen LogP contribution in [0.2, 0.25) is 0 Å². The monoisotopic (exact) mass is 370 g/mol. The maximum atomic E-state index is 13.3. The van der Waals surface area contributed by atoms with Crippen molar-refractivity contribution in [2.45, 2.75) is 49.5 Å². The van der Waals surface area contributed by atoms with Crippen LogP contribution in [0.5, 0.6) is 0 Å². The molecule has 9 heteroatoms. The maximum absolute atomic E-state index is 13.3. The van der Waals surface area contributed by atoms with Crippen LogP contribution < -0.4 is 5.32 Å². The van der Waals surface area contributed by atoms with Gasteiger partial charge in [-0.3, -0.25) is 0 Å². The van der Waals surface area contributed by atoms with E-state index in [-0.39, 0.29) is 23.8 Å². The number of alkyl halides is 2. The lowest BCUT2D eigenvalue weighted by Crippen LogP contribution is -2.32. The Kier molecular flexibility index (Phi) is 4.52. The zero-order valence-corrected chi connectivity index (χ0v) is 14.9. The molecule has 2 aromatic rings. The highest BCUT2D eigenvalue weighted by Crippen LogP contribution is 2.34. The second-order valence-electron chi connectivity index (χ2n) is 6.49. The number of aromatic nitrogens is 3. The van der Waals surface area contributed by atoms with Crippen molar-refractivity contribution in [3.63, 3.8) is 0 Å². The van der Waals surface area contributed by atoms with Crippen LogP contribution >= 0.6 is 0 Å². The second-order valence-corrected chi connectivity index (χ2v) is 8.51. The van der Waals surface area contributed by atoms with Crippen molar-refractivity contribution < 1.29 is 17.2 Å². The molecular weight excluding hydrogens is 350 g/mol. The van der Waals surface area contributed by atoms with Crippen molar-refractivity contribution in [3.8, 4) is 5.82 Å². The van der Waals surface area contributed by atoms with Crippen molar-refractivity contribution in [1.29, 1.82) is 0 Å². The molecule has 1 aliphatic rings. The molecule has 2 heterocycles. The fourth-order valence-electron chi connectivity index (χ4n) is 2.83. The molecule has 1 saturated carbocycles. The van der Waals surface area contributed by atoms with Crippen LogP contribution in [0.1, 0.15) is 31.4 Å². The summed E-state index contributed by atoms with van der Waals surface area (Å²) in [6.07, 6.45) is 3.07. The van der Waals surface area contributed by atoms with Crippen LogP contribution in [0.25, 0.3) is 5.82 Å². The molecule has 1 N–H and O–H groups in total. The number of anilines is 1. The van der Waals surface area contributed by atoms with Gasteiger partial charge in [-0.25, -0.2) is 26.9 Å². The summed E-state index contributed by atoms with van der Waals surface area (Å²) in [6, 6.07) is 4.50. The molecule has 25 heavy (non-hydrogen) atoms. The Balaban J connectivity index is 1.90. The molecule has 136 valence electrons. The number of sulfone groups is 1. The summed E-state index contributed by atoms with van der Waals surface area (Å²) in [4.78, 5) is 4.50. The zero-order chi connectivity index (χ0) is 18.2. The molecule has 0 atom stereocenters. The molecule has 0 amide bonds. The Bertz CT molecular complexity index is 870. The van der Waals surface area contributed by atoms with Crippen molar-refractivity contribution in [2.24, 2.45) is 0 Å². The summed E-state index contributed by atoms with van der Waals surface area (Å²) < 4.78 is 52.0. The molecular formula is C16H20F2N4O2S. The van der Waals surface area contributed by atoms with Gasteiger partial charge in [-0.2, -0.15) is 5.10 Å². The summed E-state index contributed by atoms with van der Waals surface area (Å²) in [6.45, 7) is 1.82. The van der Waals surface area contributed by atoms with Gasteiger partial charge in [0.15, 0.2) is 15.7 Å². The van der Waals surface area contributed by atoms with Crippen LogP contribution in [-0.2, 0) is 9.84 Å². The quantitative estimate of drug-likeness (QED) is 0.895. The van der Waals surface area contributed by atoms with E-state index in [0.717, 1.165) is 11.9 Å². The topological polar surface area (TPSA) is 76.9 Å². The first-order valence-electron chi connectivity index (χ1n) is 8.02. The van der Waals surface area contributed by atoms with Crippen LogP contribution in [0.4, 0.5) is 14.6 Å². The van der Waals surface area contributed by atoms with Crippen LogP contribution in [-0.4, -0.2) is 41.4 Å². The minimum Gasteiger partial charge on any atom is -0.367 e. The number of nitrogens with zero attached hydrogens (tertiary/aromatic N) is 3. The Labute approximate surface area is 145 Å². The van der Waals surface area contributed by atoms with Gasteiger partial charge in [-0.1, -0.05) is 0 Å². The fraction of sp³-hybridized carbons (Fsp3) is 0.500. The van der Waals surface area contributed by atoms with E-state index in [2.05, 4.69) is 15.4 Å². The van der Waals surface area contributed by atoms with Crippen LogP contribution in [0.3, 0.4) is 0 Å². The highest BCUT2D eigenvalue weighted by molar-refractivity contribution is 7.90. The van der Waals surface area contributed by atoms with Gasteiger partial charge >= 0.3 is 0 Å². The lowest BCUT2D eigenvalue weighted by Gasteiger charge is -2.29. The minimum absolute atomic E-state index is 0.106. The van der Waals surface area contributed by atoms with Crippen molar-refractivity contribution >= 4 is 15.7 Å². The Hall–Kier alpha value is -2.03. The zero-order valence-electron chi connectivity index (χ0n) is 14.0. The van der Waals surface area contributed by atoms with E-state index in [0.29, 0.717) is 24.5 Å². The third-order valence-electron chi connectivity index (χ3n) is 4.24. The molecule has 0 saturated heterocycles. The van der Waals surface area contributed by atoms with E-state index in [1.54, 1.807) is 12.3 Å². The van der Waals surface area contributed by atoms with E-state index in [1.165, 1.54) is 16.8 Å². The first kappa shape index (κ1) is 17.8. The molecule has 3 rings (SSSR count). The van der Waals surface area contributed by atoms with Gasteiger partial charge in [-0.05, 0) is 31.9 Å². The van der Waals surface area contributed by atoms with E-state index < -0.39 is 15.8 Å². The number of nitrogens with one attached hydrogen (secondary N) is 1. The smallest absolute Gasteiger partial charge is 0.248 e. The average Bonchev–Trinajstić information content (AvgIpc) is 2.95. The van der Waals surface area contributed by atoms with Crippen molar-refractivity contribution in [1.82, 2.24) is 14.8 Å². The average molecular weight is 370 g/mol. The summed E-state index contributed by atoms with van der Waals surface area (Å²) in [5, 5.41) is 7.34. The first-order valence-corrected chi connectivity index (χ1v) is 9.91. The highest BCUT2D eigenvalue weighted by atomic mass is 32.2. The number of aryl methyl sites for hydroxylation is 1. The molecule has 0 radical (unpaired) electrons. The third-order valence-corrected chi connectivity index (χ3v) is 5.33. The number of halogens is 2. The van der Waals surface area contributed by atoms with Gasteiger partial charge in [0.05, 0.1) is 10.6 Å². The van der Waals surface area contributed by atoms with Gasteiger partial charge in [0, 0.05) is 37.4 Å². The third kappa shape index (κ3) is 4.33. The lowest BCUT2D eigenvalue weighted by atomic mass is 9.92. The molecule has 0 aliphatic heterocycles. The number of hydrogen-bond donors (Lipinski definition) is 1. The molecule has 0 bridgehead atoms. The maximum Gasteiger partial charge on any atom is 0.248 e. The number of hydrogen-bond acceptors (Lipinski definition) is 5. The molecule has 2 aromatic heterocycles. The lowest BCUT2D eigenvalue weighted by molar-refractivity contribution is -0.0361. The van der Waals surface area contributed by atoms with Crippen molar-refractivity contribution in [3.05, 3.63) is 30.1 Å². The summed E-state index contributed by atoms with van der Waals surface area (Å²) in [5.41, 5.74) is 0.774. The Morgan fingerprint density at radius 3 is 2.52 bits per heavy atom. The largest absolute Gasteiger partial charge is 0.367 e. The summed E-state index contributed by atoms with van der Waals surface area (Å²) >= 11 is 0. The SMILES string of the molecule is Cc1ccn(-c2cc(S(C)(=O)=O)cc(NC3CCC(F)(F)CC3)n2)n1. The van der Waals surface area contributed by atoms with E-state index >= 15 is 0 Å². The van der Waals surface area contributed by atoms with Crippen LogP contribution in [0.15, 0.2) is 29.3 Å². The van der Waals surface area contributed by atoms with Crippen molar-refractivity contribution in [2.75, 3.05) is 11.6 Å². The van der Waals surface area contributed by atoms with Gasteiger partial charge in [0.1, 0.15) is 5.82 Å². The summed E-state index contributed by atoms with van der Waals surface area (Å²) in [5.74, 6) is -1.90. The fourth-order valence-corrected chi connectivity index (χ4v) is 3.48. The van der Waals surface area contributed by atoms with Gasteiger partial charge in [-0.15, -0.1) is 0 Å². The Morgan fingerprint density at radius 1 is 1.28 bits per heavy atom. The Morgan fingerprint density at radius 2 is 1.96 bits per heavy atom. The van der Waals surface area contributed by atoms with Gasteiger partial charge in [0.25, 0.3) is 0 Å². The molecule has 1 fully saturated rings. The molecule has 0 spiro atoms. The molecule has 0 aromatic carbocycles. The van der Waals surface area contributed by atoms with E-state index in [9.17, 15) is 17.2 Å². The minimum atomic E-state index is -3.45.